The van der Waals surface area contributed by atoms with Gasteiger partial charge in [0, 0.05) is 31.5 Å². The quantitative estimate of drug-likeness (QED) is 0.625. The molecule has 7 heteroatoms. The van der Waals surface area contributed by atoms with Crippen molar-refractivity contribution in [2.75, 3.05) is 18.1 Å². The van der Waals surface area contributed by atoms with Crippen molar-refractivity contribution in [3.63, 3.8) is 0 Å². The Morgan fingerprint density at radius 3 is 2.85 bits per heavy atom. The number of nitro groups is 1. The van der Waals surface area contributed by atoms with E-state index >= 15 is 0 Å². The van der Waals surface area contributed by atoms with Gasteiger partial charge in [0.05, 0.1) is 10.5 Å². The molecule has 2 rings (SSSR count). The topological polar surface area (TPSA) is 103 Å². The molecule has 0 unspecified atom stereocenters. The molecular formula is C13H16N4O3. The molecule has 20 heavy (non-hydrogen) atoms. The average molecular weight is 276 g/mol. The van der Waals surface area contributed by atoms with Gasteiger partial charge in [-0.1, -0.05) is 0 Å². The van der Waals surface area contributed by atoms with E-state index < -0.39 is 4.92 Å². The summed E-state index contributed by atoms with van der Waals surface area (Å²) in [5.74, 6) is 0.298. The Bertz CT molecular complexity index is 537. The third-order valence-electron chi connectivity index (χ3n) is 3.52. The van der Waals surface area contributed by atoms with E-state index in [9.17, 15) is 10.1 Å². The molecule has 0 saturated heterocycles. The Hall–Kier alpha value is -2.20. The lowest BCUT2D eigenvalue weighted by Gasteiger charge is -2.38. The first-order valence-electron chi connectivity index (χ1n) is 6.59. The van der Waals surface area contributed by atoms with Crippen molar-refractivity contribution in [2.24, 2.45) is 0 Å². The van der Waals surface area contributed by atoms with Crippen molar-refractivity contribution < 1.29 is 10.0 Å². The molecule has 106 valence electrons. The molecule has 0 amide bonds. The molecule has 1 fully saturated rings. The number of nitrogens with zero attached hydrogens (tertiary/aromatic N) is 4. The van der Waals surface area contributed by atoms with Crippen LogP contribution in [0.1, 0.15) is 31.2 Å². The molecule has 0 radical (unpaired) electrons. The van der Waals surface area contributed by atoms with Crippen LogP contribution in [0.25, 0.3) is 0 Å². The smallest absolute Gasteiger partial charge is 0.312 e. The summed E-state index contributed by atoms with van der Waals surface area (Å²) in [6.45, 7) is 0.564. The molecule has 0 bridgehead atoms. The van der Waals surface area contributed by atoms with Crippen molar-refractivity contribution in [3.8, 4) is 6.07 Å². The Labute approximate surface area is 116 Å². The normalized spacial score (nSPS) is 14.4. The zero-order chi connectivity index (χ0) is 14.5. The number of hydrogen-bond donors (Lipinski definition) is 1. The summed E-state index contributed by atoms with van der Waals surface area (Å²) >= 11 is 0. The molecule has 1 aliphatic carbocycles. The third kappa shape index (κ3) is 2.86. The SMILES string of the molecule is N#Cc1cnc(N(CCCO)C2CCC2)c([N+](=O)[O-])c1. The standard InChI is InChI=1S/C13H16N4O3/c14-8-10-7-12(17(19)20)13(15-9-10)16(5-2-6-18)11-3-1-4-11/h7,9,11,18H,1-6H2. The fourth-order valence-electron chi connectivity index (χ4n) is 2.26. The maximum atomic E-state index is 11.2. The van der Waals surface area contributed by atoms with Crippen LogP contribution in [0.5, 0.6) is 0 Å². The van der Waals surface area contributed by atoms with Crippen molar-refractivity contribution in [1.29, 1.82) is 5.26 Å². The second kappa shape index (κ2) is 6.30. The monoisotopic (exact) mass is 276 g/mol. The highest BCUT2D eigenvalue weighted by Crippen LogP contribution is 2.34. The summed E-state index contributed by atoms with van der Waals surface area (Å²) in [7, 11) is 0. The van der Waals surface area contributed by atoms with E-state index in [-0.39, 0.29) is 23.9 Å². The van der Waals surface area contributed by atoms with E-state index in [0.29, 0.717) is 18.8 Å². The lowest BCUT2D eigenvalue weighted by Crippen LogP contribution is -2.42. The highest BCUT2D eigenvalue weighted by molar-refractivity contribution is 5.60. The van der Waals surface area contributed by atoms with E-state index in [0.717, 1.165) is 19.3 Å². The molecule has 1 aliphatic rings. The van der Waals surface area contributed by atoms with E-state index in [1.54, 1.807) is 0 Å². The summed E-state index contributed by atoms with van der Waals surface area (Å²) in [5, 5.41) is 29.0. The van der Waals surface area contributed by atoms with Crippen molar-refractivity contribution in [1.82, 2.24) is 4.98 Å². The lowest BCUT2D eigenvalue weighted by atomic mass is 9.91. The highest BCUT2D eigenvalue weighted by Gasteiger charge is 2.30. The molecule has 0 aromatic carbocycles. The molecule has 1 saturated carbocycles. The molecule has 1 aromatic heterocycles. The van der Waals surface area contributed by atoms with Gasteiger partial charge in [-0.15, -0.1) is 0 Å². The fourth-order valence-corrected chi connectivity index (χ4v) is 2.26. The third-order valence-corrected chi connectivity index (χ3v) is 3.52. The number of pyridine rings is 1. The van der Waals surface area contributed by atoms with Gasteiger partial charge in [0.2, 0.25) is 5.82 Å². The van der Waals surface area contributed by atoms with Crippen LogP contribution in [-0.2, 0) is 0 Å². The Morgan fingerprint density at radius 2 is 2.35 bits per heavy atom. The zero-order valence-corrected chi connectivity index (χ0v) is 11.0. The minimum atomic E-state index is -0.506. The summed E-state index contributed by atoms with van der Waals surface area (Å²) in [6, 6.07) is 3.36. The predicted octanol–water partition coefficient (Wildman–Crippen LogP) is 1.60. The molecule has 1 N–H and O–H groups in total. The van der Waals surface area contributed by atoms with Crippen molar-refractivity contribution in [2.45, 2.75) is 31.7 Å². The summed E-state index contributed by atoms with van der Waals surface area (Å²) in [5.41, 5.74) is 0.0325. The molecule has 7 nitrogen and oxygen atoms in total. The number of anilines is 1. The molecule has 0 spiro atoms. The fraction of sp³-hybridized carbons (Fsp3) is 0.538. The van der Waals surface area contributed by atoms with Gasteiger partial charge in [0.1, 0.15) is 6.07 Å². The van der Waals surface area contributed by atoms with Gasteiger partial charge < -0.3 is 10.0 Å². The second-order valence-corrected chi connectivity index (χ2v) is 4.79. The first kappa shape index (κ1) is 14.2. The molecule has 1 aromatic rings. The minimum Gasteiger partial charge on any atom is -0.396 e. The maximum absolute atomic E-state index is 11.2. The Kier molecular flexibility index (Phi) is 4.48. The molecule has 0 atom stereocenters. The largest absolute Gasteiger partial charge is 0.396 e. The Morgan fingerprint density at radius 1 is 1.60 bits per heavy atom. The number of rotatable bonds is 6. The van der Waals surface area contributed by atoms with E-state index in [1.165, 1.54) is 12.3 Å². The number of aromatic nitrogens is 1. The van der Waals surface area contributed by atoms with E-state index in [1.807, 2.05) is 11.0 Å². The number of nitriles is 1. The van der Waals surface area contributed by atoms with Crippen LogP contribution in [-0.4, -0.2) is 34.2 Å². The van der Waals surface area contributed by atoms with Crippen LogP contribution < -0.4 is 4.90 Å². The first-order valence-corrected chi connectivity index (χ1v) is 6.59. The van der Waals surface area contributed by atoms with Crippen LogP contribution in [0, 0.1) is 21.4 Å². The molecular weight excluding hydrogens is 260 g/mol. The minimum absolute atomic E-state index is 0.0350. The van der Waals surface area contributed by atoms with Crippen LogP contribution in [0.4, 0.5) is 11.5 Å². The van der Waals surface area contributed by atoms with Gasteiger partial charge in [-0.3, -0.25) is 10.1 Å². The van der Waals surface area contributed by atoms with Crippen molar-refractivity contribution >= 4 is 11.5 Å². The predicted molar refractivity (Wildman–Crippen MR) is 72.3 cm³/mol. The van der Waals surface area contributed by atoms with Crippen LogP contribution >= 0.6 is 0 Å². The van der Waals surface area contributed by atoms with Crippen LogP contribution in [0.2, 0.25) is 0 Å². The maximum Gasteiger partial charge on any atom is 0.312 e. The number of hydrogen-bond acceptors (Lipinski definition) is 6. The average Bonchev–Trinajstić information content (AvgIpc) is 2.40. The van der Waals surface area contributed by atoms with Gasteiger partial charge >= 0.3 is 5.69 Å². The van der Waals surface area contributed by atoms with E-state index in [2.05, 4.69) is 4.98 Å². The van der Waals surface area contributed by atoms with Gasteiger partial charge in [-0.05, 0) is 25.7 Å². The second-order valence-electron chi connectivity index (χ2n) is 4.79. The van der Waals surface area contributed by atoms with Gasteiger partial charge in [-0.2, -0.15) is 5.26 Å². The number of aliphatic hydroxyl groups is 1. The van der Waals surface area contributed by atoms with Gasteiger partial charge in [0.25, 0.3) is 0 Å². The van der Waals surface area contributed by atoms with E-state index in [4.69, 9.17) is 10.4 Å². The molecule has 1 heterocycles. The zero-order valence-electron chi connectivity index (χ0n) is 11.0. The van der Waals surface area contributed by atoms with Gasteiger partial charge in [-0.25, -0.2) is 4.98 Å². The summed E-state index contributed by atoms with van der Waals surface area (Å²) in [4.78, 5) is 16.7. The van der Waals surface area contributed by atoms with Crippen LogP contribution in [0.3, 0.4) is 0 Å². The highest BCUT2D eigenvalue weighted by atomic mass is 16.6. The van der Waals surface area contributed by atoms with Gasteiger partial charge in [0.15, 0.2) is 0 Å². The number of aliphatic hydroxyl groups excluding tert-OH is 1. The van der Waals surface area contributed by atoms with Crippen molar-refractivity contribution in [3.05, 3.63) is 27.9 Å². The van der Waals surface area contributed by atoms with Crippen LogP contribution in [0.15, 0.2) is 12.3 Å². The summed E-state index contributed by atoms with van der Waals surface area (Å²) in [6.07, 6.45) is 4.95. The molecule has 0 aliphatic heterocycles. The first-order chi connectivity index (χ1) is 9.67. The Balaban J connectivity index is 2.35. The summed E-state index contributed by atoms with van der Waals surface area (Å²) < 4.78 is 0. The lowest BCUT2D eigenvalue weighted by molar-refractivity contribution is -0.384.